The zero-order valence-corrected chi connectivity index (χ0v) is 13.8. The Bertz CT molecular complexity index is 812. The van der Waals surface area contributed by atoms with Gasteiger partial charge in [-0.3, -0.25) is 9.69 Å². The van der Waals surface area contributed by atoms with Crippen molar-refractivity contribution in [1.82, 2.24) is 15.1 Å². The van der Waals surface area contributed by atoms with Gasteiger partial charge in [0.15, 0.2) is 0 Å². The van der Waals surface area contributed by atoms with Crippen molar-refractivity contribution in [3.05, 3.63) is 72.4 Å². The van der Waals surface area contributed by atoms with Crippen molar-refractivity contribution in [2.75, 3.05) is 11.9 Å². The topological polar surface area (TPSA) is 50.2 Å². The molecular weight excluding hydrogens is 300 g/mol. The number of para-hydroxylation sites is 2. The summed E-state index contributed by atoms with van der Waals surface area (Å²) in [6, 6.07) is 21.4. The Balaban J connectivity index is 2.15. The van der Waals surface area contributed by atoms with Gasteiger partial charge in [-0.05, 0) is 31.3 Å². The Hall–Kier alpha value is -2.92. The number of hydrogen-bond donors (Lipinski definition) is 1. The molecule has 0 saturated heterocycles. The van der Waals surface area contributed by atoms with Crippen LogP contribution in [0.1, 0.15) is 12.6 Å². The van der Waals surface area contributed by atoms with Gasteiger partial charge in [0.25, 0.3) is 0 Å². The molecule has 1 N–H and O–H groups in total. The van der Waals surface area contributed by atoms with E-state index in [9.17, 15) is 4.79 Å². The maximum absolute atomic E-state index is 12.4. The first-order valence-electron chi connectivity index (χ1n) is 7.85. The summed E-state index contributed by atoms with van der Waals surface area (Å²) in [6.07, 6.45) is 0. The van der Waals surface area contributed by atoms with Crippen LogP contribution in [0.3, 0.4) is 0 Å². The van der Waals surface area contributed by atoms with Crippen LogP contribution in [-0.2, 0) is 11.3 Å². The third-order valence-corrected chi connectivity index (χ3v) is 3.66. The fraction of sp³-hybridized carbons (Fsp3) is 0.158. The Morgan fingerprint density at radius 2 is 1.71 bits per heavy atom. The molecule has 1 aromatic heterocycles. The van der Waals surface area contributed by atoms with E-state index in [4.69, 9.17) is 0 Å². The van der Waals surface area contributed by atoms with E-state index in [1.54, 1.807) is 16.5 Å². The minimum Gasteiger partial charge on any atom is -0.314 e. The van der Waals surface area contributed by atoms with E-state index in [1.807, 2.05) is 73.8 Å². The predicted octanol–water partition coefficient (Wildman–Crippen LogP) is 3.28. The van der Waals surface area contributed by atoms with Gasteiger partial charge in [-0.1, -0.05) is 36.4 Å². The number of carbonyl (C=O) groups is 1. The van der Waals surface area contributed by atoms with Gasteiger partial charge >= 0.3 is 0 Å². The summed E-state index contributed by atoms with van der Waals surface area (Å²) in [6.45, 7) is 2.19. The van der Waals surface area contributed by atoms with Gasteiger partial charge in [0.2, 0.25) is 5.91 Å². The molecule has 0 aliphatic carbocycles. The highest BCUT2D eigenvalue weighted by Gasteiger charge is 2.20. The van der Waals surface area contributed by atoms with Crippen molar-refractivity contribution in [3.63, 3.8) is 0 Å². The number of anilines is 2. The van der Waals surface area contributed by atoms with Crippen LogP contribution in [0.25, 0.3) is 5.69 Å². The molecule has 1 heterocycles. The van der Waals surface area contributed by atoms with Gasteiger partial charge in [0.05, 0.1) is 17.1 Å². The van der Waals surface area contributed by atoms with Gasteiger partial charge < -0.3 is 5.32 Å². The molecule has 0 radical (unpaired) electrons. The fourth-order valence-electron chi connectivity index (χ4n) is 2.66. The zero-order valence-electron chi connectivity index (χ0n) is 13.8. The molecule has 0 aliphatic rings. The van der Waals surface area contributed by atoms with Crippen molar-refractivity contribution in [3.8, 4) is 5.69 Å². The van der Waals surface area contributed by atoms with Crippen molar-refractivity contribution in [2.24, 2.45) is 0 Å². The van der Waals surface area contributed by atoms with Gasteiger partial charge in [-0.2, -0.15) is 5.10 Å². The molecule has 0 saturated carbocycles. The number of hydrogen-bond acceptors (Lipinski definition) is 3. The van der Waals surface area contributed by atoms with E-state index in [0.717, 1.165) is 22.9 Å². The molecule has 2 aromatic carbocycles. The fourth-order valence-corrected chi connectivity index (χ4v) is 2.66. The Morgan fingerprint density at radius 1 is 1.08 bits per heavy atom. The molecular formula is C19H20N4O. The second-order valence-corrected chi connectivity index (χ2v) is 5.46. The first-order valence-corrected chi connectivity index (χ1v) is 7.85. The van der Waals surface area contributed by atoms with Crippen molar-refractivity contribution in [2.45, 2.75) is 13.5 Å². The molecule has 1 amide bonds. The number of amides is 1. The highest BCUT2D eigenvalue weighted by atomic mass is 16.2. The summed E-state index contributed by atoms with van der Waals surface area (Å²) in [5, 5.41) is 7.76. The quantitative estimate of drug-likeness (QED) is 0.785. The van der Waals surface area contributed by atoms with Crippen molar-refractivity contribution < 1.29 is 4.79 Å². The van der Waals surface area contributed by atoms with E-state index >= 15 is 0 Å². The normalized spacial score (nSPS) is 10.6. The highest BCUT2D eigenvalue weighted by Crippen LogP contribution is 2.28. The summed E-state index contributed by atoms with van der Waals surface area (Å²) in [5.74, 6) is 0.666. The number of aromatic nitrogens is 2. The Morgan fingerprint density at radius 3 is 2.29 bits per heavy atom. The summed E-state index contributed by atoms with van der Waals surface area (Å²) < 4.78 is 1.81. The first kappa shape index (κ1) is 16.0. The van der Waals surface area contributed by atoms with E-state index < -0.39 is 0 Å². The van der Waals surface area contributed by atoms with Gasteiger partial charge in [-0.25, -0.2) is 4.68 Å². The Labute approximate surface area is 141 Å². The number of nitrogens with one attached hydrogen (secondary N) is 1. The average Bonchev–Trinajstić information content (AvgIpc) is 3.00. The largest absolute Gasteiger partial charge is 0.314 e. The van der Waals surface area contributed by atoms with Crippen LogP contribution >= 0.6 is 0 Å². The summed E-state index contributed by atoms with van der Waals surface area (Å²) in [7, 11) is 1.88. The summed E-state index contributed by atoms with van der Waals surface area (Å²) in [5.41, 5.74) is 2.61. The van der Waals surface area contributed by atoms with E-state index in [0.29, 0.717) is 6.54 Å². The third-order valence-electron chi connectivity index (χ3n) is 3.66. The lowest BCUT2D eigenvalue weighted by Crippen LogP contribution is -2.25. The van der Waals surface area contributed by atoms with Crippen LogP contribution in [0.15, 0.2) is 66.7 Å². The monoisotopic (exact) mass is 320 g/mol. The standard InChI is InChI=1S/C19H20N4O/c1-15(24)22(17-9-5-3-6-10-17)19-13-16(14-20-2)21-23(19)18-11-7-4-8-12-18/h3-13,20H,14H2,1-2H3. The molecule has 0 unspecified atom stereocenters. The molecule has 3 aromatic rings. The van der Waals surface area contributed by atoms with Crippen LogP contribution in [0.4, 0.5) is 11.5 Å². The van der Waals surface area contributed by atoms with Crippen molar-refractivity contribution >= 4 is 17.4 Å². The van der Waals surface area contributed by atoms with Crippen LogP contribution in [0, 0.1) is 0 Å². The molecule has 5 heteroatoms. The lowest BCUT2D eigenvalue weighted by molar-refractivity contribution is -0.115. The molecule has 3 rings (SSSR count). The first-order chi connectivity index (χ1) is 11.7. The molecule has 24 heavy (non-hydrogen) atoms. The zero-order chi connectivity index (χ0) is 16.9. The number of rotatable bonds is 5. The molecule has 0 aliphatic heterocycles. The summed E-state index contributed by atoms with van der Waals surface area (Å²) in [4.78, 5) is 14.0. The van der Waals surface area contributed by atoms with Crippen LogP contribution in [0.2, 0.25) is 0 Å². The molecule has 0 atom stereocenters. The Kier molecular flexibility index (Phi) is 4.72. The highest BCUT2D eigenvalue weighted by molar-refractivity contribution is 5.98. The summed E-state index contributed by atoms with van der Waals surface area (Å²) >= 11 is 0. The smallest absolute Gasteiger partial charge is 0.229 e. The minimum atomic E-state index is -0.0608. The van der Waals surface area contributed by atoms with E-state index in [2.05, 4.69) is 10.4 Å². The molecule has 0 fully saturated rings. The minimum absolute atomic E-state index is 0.0608. The maximum atomic E-state index is 12.4. The molecule has 122 valence electrons. The van der Waals surface area contributed by atoms with Crippen LogP contribution in [0.5, 0.6) is 0 Å². The maximum Gasteiger partial charge on any atom is 0.229 e. The van der Waals surface area contributed by atoms with Crippen LogP contribution in [-0.4, -0.2) is 22.7 Å². The number of benzene rings is 2. The second-order valence-electron chi connectivity index (χ2n) is 5.46. The molecule has 5 nitrogen and oxygen atoms in total. The second kappa shape index (κ2) is 7.10. The van der Waals surface area contributed by atoms with Gasteiger partial charge in [0.1, 0.15) is 5.82 Å². The molecule has 0 spiro atoms. The van der Waals surface area contributed by atoms with Crippen LogP contribution < -0.4 is 10.2 Å². The van der Waals surface area contributed by atoms with E-state index in [1.165, 1.54) is 0 Å². The number of nitrogens with zero attached hydrogens (tertiary/aromatic N) is 3. The lowest BCUT2D eigenvalue weighted by Gasteiger charge is -2.22. The third kappa shape index (κ3) is 3.21. The number of carbonyl (C=O) groups excluding carboxylic acids is 1. The average molecular weight is 320 g/mol. The molecule has 0 bridgehead atoms. The van der Waals surface area contributed by atoms with Gasteiger partial charge in [0, 0.05) is 19.5 Å². The lowest BCUT2D eigenvalue weighted by atomic mass is 10.2. The van der Waals surface area contributed by atoms with Crippen molar-refractivity contribution in [1.29, 1.82) is 0 Å². The SMILES string of the molecule is CNCc1cc(N(C(C)=O)c2ccccc2)n(-c2ccccc2)n1. The predicted molar refractivity (Wildman–Crippen MR) is 95.6 cm³/mol. The van der Waals surface area contributed by atoms with E-state index in [-0.39, 0.29) is 5.91 Å². The van der Waals surface area contributed by atoms with Gasteiger partial charge in [-0.15, -0.1) is 0 Å².